The van der Waals surface area contributed by atoms with E-state index in [0.29, 0.717) is 18.4 Å². The molecule has 3 fully saturated rings. The van der Waals surface area contributed by atoms with Crippen molar-refractivity contribution in [1.82, 2.24) is 9.80 Å². The number of ether oxygens (including phenoxy) is 3. The highest BCUT2D eigenvalue weighted by atomic mass is 19.1. The summed E-state index contributed by atoms with van der Waals surface area (Å²) in [5.74, 6) is 1.94. The zero-order valence-corrected chi connectivity index (χ0v) is 19.5. The van der Waals surface area contributed by atoms with E-state index in [9.17, 15) is 9.18 Å². The molecule has 1 spiro atoms. The highest BCUT2D eigenvalue weighted by Crippen LogP contribution is 2.47. The minimum absolute atomic E-state index is 0.0597. The molecule has 0 N–H and O–H groups in total. The van der Waals surface area contributed by atoms with Gasteiger partial charge in [-0.3, -0.25) is 0 Å². The van der Waals surface area contributed by atoms with E-state index in [-0.39, 0.29) is 29.4 Å². The van der Waals surface area contributed by atoms with Crippen LogP contribution >= 0.6 is 0 Å². The number of piperidine rings is 2. The van der Waals surface area contributed by atoms with Crippen LogP contribution in [0.25, 0.3) is 0 Å². The molecule has 6 nitrogen and oxygen atoms in total. The second kappa shape index (κ2) is 8.45. The summed E-state index contributed by atoms with van der Waals surface area (Å²) in [6.07, 6.45) is 5.78. The average molecular weight is 467 g/mol. The first kappa shape index (κ1) is 21.7. The molecule has 0 radical (unpaired) electrons. The van der Waals surface area contributed by atoms with Gasteiger partial charge in [-0.25, -0.2) is 9.18 Å². The Bertz CT molecular complexity index is 1050. The van der Waals surface area contributed by atoms with E-state index in [4.69, 9.17) is 14.2 Å². The van der Waals surface area contributed by atoms with Crippen molar-refractivity contribution >= 4 is 6.09 Å². The van der Waals surface area contributed by atoms with Crippen LogP contribution in [0.5, 0.6) is 17.2 Å². The van der Waals surface area contributed by atoms with Gasteiger partial charge < -0.3 is 24.0 Å². The van der Waals surface area contributed by atoms with Crippen LogP contribution in [0.4, 0.5) is 9.18 Å². The molecule has 6 rings (SSSR count). The quantitative estimate of drug-likeness (QED) is 0.653. The fourth-order valence-electron chi connectivity index (χ4n) is 6.61. The van der Waals surface area contributed by atoms with Crippen LogP contribution in [0.15, 0.2) is 42.5 Å². The van der Waals surface area contributed by atoms with Gasteiger partial charge in [0.2, 0.25) is 0 Å². The van der Waals surface area contributed by atoms with Gasteiger partial charge >= 0.3 is 6.09 Å². The molecule has 0 saturated carbocycles. The number of methoxy groups -OCH3 is 1. The molecule has 3 saturated heterocycles. The Balaban J connectivity index is 1.08. The molecule has 2 aromatic carbocycles. The van der Waals surface area contributed by atoms with Crippen LogP contribution in [-0.4, -0.2) is 60.8 Å². The van der Waals surface area contributed by atoms with Crippen molar-refractivity contribution in [3.8, 4) is 17.2 Å². The predicted molar refractivity (Wildman–Crippen MR) is 125 cm³/mol. The number of nitrogens with zero attached hydrogens (tertiary/aromatic N) is 2. The maximum Gasteiger partial charge on any atom is 0.415 e. The second-order valence-electron chi connectivity index (χ2n) is 10.2. The highest BCUT2D eigenvalue weighted by Gasteiger charge is 2.48. The molecule has 4 heterocycles. The summed E-state index contributed by atoms with van der Waals surface area (Å²) in [6, 6.07) is 13.0. The Morgan fingerprint density at radius 2 is 1.68 bits per heavy atom. The molecule has 1 amide bonds. The van der Waals surface area contributed by atoms with Crippen molar-refractivity contribution in [2.24, 2.45) is 0 Å². The smallest absolute Gasteiger partial charge is 0.415 e. The van der Waals surface area contributed by atoms with E-state index < -0.39 is 0 Å². The lowest BCUT2D eigenvalue weighted by molar-refractivity contribution is 0.0360. The first-order chi connectivity index (χ1) is 16.5. The third kappa shape index (κ3) is 3.70. The van der Waals surface area contributed by atoms with Crippen molar-refractivity contribution in [2.45, 2.75) is 62.1 Å². The lowest BCUT2D eigenvalue weighted by atomic mass is 9.74. The topological polar surface area (TPSA) is 51.2 Å². The zero-order chi connectivity index (χ0) is 23.3. The SMILES string of the molecule is COc1ccc(OC(=O)N2C3CCC2CC(N2CCC4(CC2)COc2ccc(F)cc24)C3)cc1. The number of amides is 1. The van der Waals surface area contributed by atoms with Gasteiger partial charge in [0, 0.05) is 29.1 Å². The Labute approximate surface area is 199 Å². The lowest BCUT2D eigenvalue weighted by Crippen LogP contribution is -2.55. The molecule has 180 valence electrons. The average Bonchev–Trinajstić information content (AvgIpc) is 3.33. The number of likely N-dealkylation sites (tertiary alicyclic amines) is 1. The third-order valence-electron chi connectivity index (χ3n) is 8.47. The summed E-state index contributed by atoms with van der Waals surface area (Å²) in [7, 11) is 1.62. The third-order valence-corrected chi connectivity index (χ3v) is 8.47. The minimum Gasteiger partial charge on any atom is -0.497 e. The largest absolute Gasteiger partial charge is 0.497 e. The molecule has 7 heteroatoms. The fraction of sp³-hybridized carbons (Fsp3) is 0.519. The number of benzene rings is 2. The molecule has 2 aromatic rings. The Morgan fingerprint density at radius 1 is 1.00 bits per heavy atom. The molecule has 0 aliphatic carbocycles. The van der Waals surface area contributed by atoms with Gasteiger partial charge in [-0.05, 0) is 94.1 Å². The molecule has 34 heavy (non-hydrogen) atoms. The van der Waals surface area contributed by atoms with Gasteiger partial charge in [0.25, 0.3) is 0 Å². The number of carbonyl (C=O) groups is 1. The molecule has 0 aromatic heterocycles. The number of rotatable bonds is 3. The summed E-state index contributed by atoms with van der Waals surface area (Å²) in [5, 5.41) is 0. The summed E-state index contributed by atoms with van der Waals surface area (Å²) in [4.78, 5) is 17.6. The summed E-state index contributed by atoms with van der Waals surface area (Å²) in [6.45, 7) is 2.62. The Kier molecular flexibility index (Phi) is 5.40. The van der Waals surface area contributed by atoms with E-state index in [1.54, 1.807) is 43.5 Å². The van der Waals surface area contributed by atoms with Crippen LogP contribution in [-0.2, 0) is 5.41 Å². The van der Waals surface area contributed by atoms with E-state index in [1.165, 1.54) is 6.07 Å². The van der Waals surface area contributed by atoms with Crippen LogP contribution in [0.1, 0.15) is 44.1 Å². The fourth-order valence-corrected chi connectivity index (χ4v) is 6.61. The van der Waals surface area contributed by atoms with Gasteiger partial charge in [-0.15, -0.1) is 0 Å². The van der Waals surface area contributed by atoms with Gasteiger partial charge in [-0.1, -0.05) is 0 Å². The molecule has 2 atom stereocenters. The van der Waals surface area contributed by atoms with Gasteiger partial charge in [0.1, 0.15) is 23.1 Å². The maximum absolute atomic E-state index is 13.9. The standard InChI is InChI=1S/C27H31FN2O4/c1-32-22-5-7-23(8-6-22)34-26(31)30-19-3-4-20(30)16-21(15-19)29-12-10-27(11-13-29)17-33-25-9-2-18(28)14-24(25)27/h2,5-9,14,19-21H,3-4,10-13,15-17H2,1H3. The predicted octanol–water partition coefficient (Wildman–Crippen LogP) is 4.75. The maximum atomic E-state index is 13.9. The van der Waals surface area contributed by atoms with Crippen molar-refractivity contribution in [1.29, 1.82) is 0 Å². The number of hydrogen-bond donors (Lipinski definition) is 0. The van der Waals surface area contributed by atoms with Crippen LogP contribution < -0.4 is 14.2 Å². The van der Waals surface area contributed by atoms with E-state index >= 15 is 0 Å². The highest BCUT2D eigenvalue weighted by molar-refractivity contribution is 5.72. The number of hydrogen-bond acceptors (Lipinski definition) is 5. The van der Waals surface area contributed by atoms with Crippen LogP contribution in [0.2, 0.25) is 0 Å². The second-order valence-corrected chi connectivity index (χ2v) is 10.2. The van der Waals surface area contributed by atoms with Gasteiger partial charge in [-0.2, -0.15) is 0 Å². The van der Waals surface area contributed by atoms with E-state index in [1.807, 2.05) is 4.90 Å². The summed E-state index contributed by atoms with van der Waals surface area (Å²) >= 11 is 0. The summed E-state index contributed by atoms with van der Waals surface area (Å²) < 4.78 is 30.7. The first-order valence-electron chi connectivity index (χ1n) is 12.4. The van der Waals surface area contributed by atoms with Gasteiger partial charge in [0.05, 0.1) is 13.7 Å². The van der Waals surface area contributed by atoms with Crippen LogP contribution in [0.3, 0.4) is 0 Å². The minimum atomic E-state index is -0.240. The van der Waals surface area contributed by atoms with Crippen molar-refractivity contribution in [2.75, 3.05) is 26.8 Å². The number of carbonyl (C=O) groups excluding carboxylic acids is 1. The van der Waals surface area contributed by atoms with Crippen molar-refractivity contribution < 1.29 is 23.4 Å². The Morgan fingerprint density at radius 3 is 2.35 bits per heavy atom. The van der Waals surface area contributed by atoms with Gasteiger partial charge in [0.15, 0.2) is 0 Å². The monoisotopic (exact) mass is 466 g/mol. The molecule has 4 aliphatic heterocycles. The molecule has 2 unspecified atom stereocenters. The van der Waals surface area contributed by atoms with E-state index in [0.717, 1.165) is 68.7 Å². The first-order valence-corrected chi connectivity index (χ1v) is 12.4. The lowest BCUT2D eigenvalue weighted by Gasteiger charge is -2.46. The molecule has 4 aliphatic rings. The summed E-state index contributed by atoms with van der Waals surface area (Å²) in [5.41, 5.74) is 0.985. The number of fused-ring (bicyclic) bond motifs is 4. The zero-order valence-electron chi connectivity index (χ0n) is 19.5. The van der Waals surface area contributed by atoms with E-state index in [2.05, 4.69) is 4.90 Å². The van der Waals surface area contributed by atoms with Crippen molar-refractivity contribution in [3.05, 3.63) is 53.8 Å². The molecule has 2 bridgehead atoms. The molecular weight excluding hydrogens is 435 g/mol. The number of halogens is 1. The molecular formula is C27H31FN2O4. The normalized spacial score (nSPS) is 27.4. The van der Waals surface area contributed by atoms with Crippen LogP contribution in [0, 0.1) is 5.82 Å². The Hall–Kier alpha value is -2.80. The van der Waals surface area contributed by atoms with Crippen molar-refractivity contribution in [3.63, 3.8) is 0 Å².